The highest BCUT2D eigenvalue weighted by Gasteiger charge is 2.16. The second-order valence-corrected chi connectivity index (χ2v) is 6.11. The summed E-state index contributed by atoms with van der Waals surface area (Å²) in [6.45, 7) is 0. The highest BCUT2D eigenvalue weighted by molar-refractivity contribution is 5.94. The fourth-order valence-corrected chi connectivity index (χ4v) is 3.35. The monoisotopic (exact) mass is 357 g/mol. The number of para-hydroxylation sites is 2. The molecule has 0 atom stereocenters. The van der Waals surface area contributed by atoms with Gasteiger partial charge in [0.05, 0.1) is 19.0 Å². The Balaban J connectivity index is 1.79. The molecule has 0 aliphatic heterocycles. The number of imidazole rings is 1. The van der Waals surface area contributed by atoms with Crippen LogP contribution in [-0.2, 0) is 0 Å². The molecule has 27 heavy (non-hydrogen) atoms. The molecule has 7 heteroatoms. The van der Waals surface area contributed by atoms with Crippen LogP contribution in [0.25, 0.3) is 39.1 Å². The Labute approximate surface area is 153 Å². The normalized spacial score (nSPS) is 11.3. The van der Waals surface area contributed by atoms with E-state index in [-0.39, 0.29) is 5.69 Å². The Kier molecular flexibility index (Phi) is 3.33. The van der Waals surface area contributed by atoms with Crippen molar-refractivity contribution in [3.8, 4) is 22.8 Å². The molecule has 132 valence electrons. The zero-order valence-electron chi connectivity index (χ0n) is 14.4. The smallest absolute Gasteiger partial charge is 0.332 e. The molecule has 0 saturated heterocycles. The van der Waals surface area contributed by atoms with Crippen molar-refractivity contribution in [3.63, 3.8) is 0 Å². The van der Waals surface area contributed by atoms with Gasteiger partial charge in [0.2, 0.25) is 0 Å². The number of methoxy groups -OCH3 is 1. The van der Waals surface area contributed by atoms with Crippen LogP contribution in [0.2, 0.25) is 0 Å². The zero-order chi connectivity index (χ0) is 18.4. The zero-order valence-corrected chi connectivity index (χ0v) is 14.4. The van der Waals surface area contributed by atoms with Gasteiger partial charge in [0.1, 0.15) is 11.3 Å². The van der Waals surface area contributed by atoms with Gasteiger partial charge in [-0.2, -0.15) is 0 Å². The van der Waals surface area contributed by atoms with Crippen molar-refractivity contribution in [2.75, 3.05) is 7.11 Å². The molecule has 0 bridgehead atoms. The summed E-state index contributed by atoms with van der Waals surface area (Å²) in [5, 5.41) is 1.03. The Hall–Kier alpha value is -3.87. The maximum absolute atomic E-state index is 12.6. The first-order valence-corrected chi connectivity index (χ1v) is 8.44. The number of aromatic amines is 2. The van der Waals surface area contributed by atoms with Gasteiger partial charge in [0.25, 0.3) is 0 Å². The van der Waals surface area contributed by atoms with Gasteiger partial charge in [-0.15, -0.1) is 0 Å². The molecule has 5 rings (SSSR count). The van der Waals surface area contributed by atoms with Gasteiger partial charge in [-0.1, -0.05) is 24.3 Å². The topological polar surface area (TPSA) is 88.6 Å². The first kappa shape index (κ1) is 15.4. The Morgan fingerprint density at radius 2 is 1.93 bits per heavy atom. The van der Waals surface area contributed by atoms with Crippen LogP contribution in [-0.4, -0.2) is 31.6 Å². The lowest BCUT2D eigenvalue weighted by Crippen LogP contribution is -2.15. The van der Waals surface area contributed by atoms with Crippen LogP contribution in [0, 0.1) is 0 Å². The third-order valence-corrected chi connectivity index (χ3v) is 4.59. The van der Waals surface area contributed by atoms with Crippen molar-refractivity contribution in [2.45, 2.75) is 0 Å². The number of H-pyrrole nitrogens is 2. The molecule has 0 aliphatic carbocycles. The van der Waals surface area contributed by atoms with E-state index in [1.54, 1.807) is 13.3 Å². The van der Waals surface area contributed by atoms with Crippen molar-refractivity contribution in [2.24, 2.45) is 0 Å². The van der Waals surface area contributed by atoms with Gasteiger partial charge in [0.15, 0.2) is 11.5 Å². The summed E-state index contributed by atoms with van der Waals surface area (Å²) in [6, 6.07) is 15.2. The summed E-state index contributed by atoms with van der Waals surface area (Å²) < 4.78 is 6.92. The minimum atomic E-state index is -0.291. The molecular formula is C20H15N5O2. The second-order valence-electron chi connectivity index (χ2n) is 6.11. The van der Waals surface area contributed by atoms with Gasteiger partial charge >= 0.3 is 5.69 Å². The molecule has 5 aromatic rings. The van der Waals surface area contributed by atoms with Crippen LogP contribution in [0.4, 0.5) is 0 Å². The third kappa shape index (κ3) is 2.32. The molecule has 3 heterocycles. The Morgan fingerprint density at radius 3 is 2.81 bits per heavy atom. The van der Waals surface area contributed by atoms with E-state index in [4.69, 9.17) is 9.72 Å². The van der Waals surface area contributed by atoms with Crippen molar-refractivity contribution in [1.82, 2.24) is 24.5 Å². The third-order valence-electron chi connectivity index (χ3n) is 4.59. The van der Waals surface area contributed by atoms with Crippen LogP contribution in [0.1, 0.15) is 0 Å². The van der Waals surface area contributed by atoms with Crippen molar-refractivity contribution >= 4 is 22.1 Å². The van der Waals surface area contributed by atoms with Gasteiger partial charge in [-0.3, -0.25) is 0 Å². The van der Waals surface area contributed by atoms with E-state index in [9.17, 15) is 4.79 Å². The minimum absolute atomic E-state index is 0.291. The summed E-state index contributed by atoms with van der Waals surface area (Å²) in [7, 11) is 1.58. The first-order valence-electron chi connectivity index (χ1n) is 8.44. The molecule has 0 amide bonds. The maximum Gasteiger partial charge on any atom is 0.332 e. The molecule has 0 spiro atoms. The number of hydrogen-bond acceptors (Lipinski definition) is 4. The molecule has 0 unspecified atom stereocenters. The number of nitrogens with one attached hydrogen (secondary N) is 2. The SMILES string of the molecule is COc1ccccc1-n1c(=O)[nH]c2cnc(-c3cccc4[nH]ccc34)nc21. The average molecular weight is 357 g/mol. The van der Waals surface area contributed by atoms with E-state index in [0.29, 0.717) is 28.4 Å². The maximum atomic E-state index is 12.6. The lowest BCUT2D eigenvalue weighted by Gasteiger charge is -2.09. The number of ether oxygens (including phenoxy) is 1. The number of aromatic nitrogens is 5. The molecule has 0 aliphatic rings. The summed E-state index contributed by atoms with van der Waals surface area (Å²) in [5.74, 6) is 1.14. The van der Waals surface area contributed by atoms with E-state index in [0.717, 1.165) is 16.5 Å². The largest absolute Gasteiger partial charge is 0.495 e. The number of benzene rings is 2. The lowest BCUT2D eigenvalue weighted by molar-refractivity contribution is 0.413. The molecule has 7 nitrogen and oxygen atoms in total. The van der Waals surface area contributed by atoms with Gasteiger partial charge in [-0.25, -0.2) is 19.3 Å². The number of hydrogen-bond donors (Lipinski definition) is 2. The van der Waals surface area contributed by atoms with Crippen molar-refractivity contribution < 1.29 is 4.74 Å². The number of fused-ring (bicyclic) bond motifs is 2. The Bertz CT molecular complexity index is 1350. The van der Waals surface area contributed by atoms with Crippen LogP contribution in [0.15, 0.2) is 65.7 Å². The summed E-state index contributed by atoms with van der Waals surface area (Å²) in [6.07, 6.45) is 3.52. The molecule has 0 fully saturated rings. The van der Waals surface area contributed by atoms with E-state index in [1.807, 2.05) is 54.7 Å². The van der Waals surface area contributed by atoms with Crippen LogP contribution in [0.5, 0.6) is 5.75 Å². The van der Waals surface area contributed by atoms with Crippen LogP contribution >= 0.6 is 0 Å². The molecule has 0 radical (unpaired) electrons. The Morgan fingerprint density at radius 1 is 1.04 bits per heavy atom. The number of nitrogens with zero attached hydrogens (tertiary/aromatic N) is 3. The van der Waals surface area contributed by atoms with Gasteiger partial charge in [0, 0.05) is 22.7 Å². The highest BCUT2D eigenvalue weighted by Crippen LogP contribution is 2.28. The molecule has 3 aromatic heterocycles. The van der Waals surface area contributed by atoms with E-state index in [1.165, 1.54) is 4.57 Å². The molecule has 0 saturated carbocycles. The van der Waals surface area contributed by atoms with Crippen molar-refractivity contribution in [3.05, 3.63) is 71.4 Å². The fraction of sp³-hybridized carbons (Fsp3) is 0.0500. The summed E-state index contributed by atoms with van der Waals surface area (Å²) >= 11 is 0. The molecule has 2 aromatic carbocycles. The predicted molar refractivity (Wildman–Crippen MR) is 103 cm³/mol. The second kappa shape index (κ2) is 5.84. The fourth-order valence-electron chi connectivity index (χ4n) is 3.35. The van der Waals surface area contributed by atoms with Gasteiger partial charge < -0.3 is 14.7 Å². The predicted octanol–water partition coefficient (Wildman–Crippen LogP) is 3.27. The molecular weight excluding hydrogens is 342 g/mol. The average Bonchev–Trinajstić information content (AvgIpc) is 3.30. The quantitative estimate of drug-likeness (QED) is 0.519. The standard InChI is InChI=1S/C20H15N5O2/c1-27-17-8-3-2-7-16(17)25-19-15(23-20(25)26)11-22-18(24-19)13-5-4-6-14-12(13)9-10-21-14/h2-11,21H,1H3,(H,23,26). The van der Waals surface area contributed by atoms with E-state index in [2.05, 4.69) is 15.0 Å². The summed E-state index contributed by atoms with van der Waals surface area (Å²) in [5.41, 5.74) is 3.31. The number of rotatable bonds is 3. The molecule has 2 N–H and O–H groups in total. The van der Waals surface area contributed by atoms with E-state index >= 15 is 0 Å². The summed E-state index contributed by atoms with van der Waals surface area (Å²) in [4.78, 5) is 27.8. The van der Waals surface area contributed by atoms with Crippen molar-refractivity contribution in [1.29, 1.82) is 0 Å². The minimum Gasteiger partial charge on any atom is -0.495 e. The lowest BCUT2D eigenvalue weighted by atomic mass is 10.1. The first-order chi connectivity index (χ1) is 13.3. The van der Waals surface area contributed by atoms with Gasteiger partial charge in [-0.05, 0) is 24.3 Å². The highest BCUT2D eigenvalue weighted by atomic mass is 16.5. The van der Waals surface area contributed by atoms with Crippen LogP contribution < -0.4 is 10.4 Å². The van der Waals surface area contributed by atoms with E-state index < -0.39 is 0 Å². The van der Waals surface area contributed by atoms with Crippen LogP contribution in [0.3, 0.4) is 0 Å².